The smallest absolute Gasteiger partial charge is 0.237 e. The van der Waals surface area contributed by atoms with Crippen LogP contribution in [0.3, 0.4) is 0 Å². The van der Waals surface area contributed by atoms with Crippen molar-refractivity contribution in [3.8, 4) is 11.4 Å². The number of hydrogen-bond donors (Lipinski definition) is 1. The van der Waals surface area contributed by atoms with Gasteiger partial charge in [-0.05, 0) is 50.1 Å². The molecule has 2 aromatic carbocycles. The van der Waals surface area contributed by atoms with Gasteiger partial charge in [0.05, 0.1) is 16.4 Å². The largest absolute Gasteiger partial charge is 0.338 e. The molecule has 0 spiro atoms. The second-order valence-corrected chi connectivity index (χ2v) is 7.17. The van der Waals surface area contributed by atoms with Crippen LogP contribution in [-0.2, 0) is 10.2 Å². The van der Waals surface area contributed by atoms with Crippen LogP contribution < -0.4 is 4.90 Å². The SMILES string of the molecule is C=CCN1C(=O)C(C)(C)c2ccc(-c3nc4ccc(C)cc4[nH]3)cc21. The molecule has 1 aliphatic heterocycles. The van der Waals surface area contributed by atoms with E-state index in [9.17, 15) is 4.79 Å². The van der Waals surface area contributed by atoms with Gasteiger partial charge in [0.15, 0.2) is 0 Å². The summed E-state index contributed by atoms with van der Waals surface area (Å²) < 4.78 is 0. The normalized spacial score (nSPS) is 15.6. The monoisotopic (exact) mass is 331 g/mol. The van der Waals surface area contributed by atoms with Crippen molar-refractivity contribution in [1.82, 2.24) is 9.97 Å². The molecular weight excluding hydrogens is 310 g/mol. The third kappa shape index (κ3) is 2.29. The number of nitrogens with zero attached hydrogens (tertiary/aromatic N) is 2. The predicted molar refractivity (Wildman–Crippen MR) is 102 cm³/mol. The summed E-state index contributed by atoms with van der Waals surface area (Å²) in [6.07, 6.45) is 1.76. The number of carbonyl (C=O) groups excluding carboxylic acids is 1. The Morgan fingerprint density at radius 3 is 2.80 bits per heavy atom. The molecule has 126 valence electrons. The summed E-state index contributed by atoms with van der Waals surface area (Å²) in [4.78, 5) is 22.6. The Bertz CT molecular complexity index is 1010. The molecule has 2 heterocycles. The number of hydrogen-bond acceptors (Lipinski definition) is 2. The first-order chi connectivity index (χ1) is 11.9. The van der Waals surface area contributed by atoms with E-state index in [4.69, 9.17) is 4.98 Å². The topological polar surface area (TPSA) is 49.0 Å². The minimum atomic E-state index is -0.512. The zero-order chi connectivity index (χ0) is 17.8. The van der Waals surface area contributed by atoms with Crippen molar-refractivity contribution in [1.29, 1.82) is 0 Å². The number of benzene rings is 2. The first-order valence-corrected chi connectivity index (χ1v) is 8.46. The molecule has 1 aliphatic rings. The van der Waals surface area contributed by atoms with E-state index in [1.165, 1.54) is 5.56 Å². The van der Waals surface area contributed by atoms with E-state index in [1.807, 2.05) is 32.0 Å². The van der Waals surface area contributed by atoms with Crippen molar-refractivity contribution in [2.24, 2.45) is 0 Å². The van der Waals surface area contributed by atoms with E-state index in [2.05, 4.69) is 36.7 Å². The fourth-order valence-corrected chi connectivity index (χ4v) is 3.56. The number of aromatic nitrogens is 2. The van der Waals surface area contributed by atoms with Crippen LogP contribution in [0, 0.1) is 6.92 Å². The van der Waals surface area contributed by atoms with E-state index >= 15 is 0 Å². The lowest BCUT2D eigenvalue weighted by Gasteiger charge is -2.18. The number of nitrogens with one attached hydrogen (secondary N) is 1. The molecule has 1 aromatic heterocycles. The summed E-state index contributed by atoms with van der Waals surface area (Å²) in [5.74, 6) is 0.930. The first kappa shape index (κ1) is 15.6. The van der Waals surface area contributed by atoms with Crippen LogP contribution in [0.4, 0.5) is 5.69 Å². The molecule has 0 unspecified atom stereocenters. The Labute approximate surface area is 147 Å². The molecule has 1 amide bonds. The van der Waals surface area contributed by atoms with Crippen LogP contribution >= 0.6 is 0 Å². The Hall–Kier alpha value is -2.88. The molecule has 4 heteroatoms. The van der Waals surface area contributed by atoms with E-state index < -0.39 is 5.41 Å². The molecule has 1 N–H and O–H groups in total. The van der Waals surface area contributed by atoms with Crippen LogP contribution in [0.5, 0.6) is 0 Å². The number of anilines is 1. The second kappa shape index (κ2) is 5.31. The molecule has 3 aromatic rings. The van der Waals surface area contributed by atoms with Crippen molar-refractivity contribution in [3.05, 3.63) is 60.2 Å². The molecule has 0 aliphatic carbocycles. The number of fused-ring (bicyclic) bond motifs is 2. The van der Waals surface area contributed by atoms with Crippen LogP contribution in [0.2, 0.25) is 0 Å². The van der Waals surface area contributed by atoms with Gasteiger partial charge >= 0.3 is 0 Å². The van der Waals surface area contributed by atoms with Gasteiger partial charge in [-0.15, -0.1) is 6.58 Å². The lowest BCUT2D eigenvalue weighted by molar-refractivity contribution is -0.121. The highest BCUT2D eigenvalue weighted by Gasteiger charge is 2.43. The molecule has 0 radical (unpaired) electrons. The van der Waals surface area contributed by atoms with E-state index in [-0.39, 0.29) is 5.91 Å². The Kier molecular flexibility index (Phi) is 3.32. The summed E-state index contributed by atoms with van der Waals surface area (Å²) in [6, 6.07) is 12.3. The highest BCUT2D eigenvalue weighted by Crippen LogP contribution is 2.43. The van der Waals surface area contributed by atoms with E-state index in [0.29, 0.717) is 6.54 Å². The fraction of sp³-hybridized carbons (Fsp3) is 0.238. The standard InChI is InChI=1S/C21H21N3O/c1-5-10-24-18-12-14(7-8-15(18)21(3,4)20(24)25)19-22-16-9-6-13(2)11-17(16)23-19/h5-9,11-12H,1,10H2,2-4H3,(H,22,23). The Morgan fingerprint density at radius 2 is 2.04 bits per heavy atom. The third-order valence-corrected chi connectivity index (χ3v) is 4.96. The van der Waals surface area contributed by atoms with E-state index in [1.54, 1.807) is 11.0 Å². The molecule has 0 bridgehead atoms. The molecule has 25 heavy (non-hydrogen) atoms. The fourth-order valence-electron chi connectivity index (χ4n) is 3.56. The third-order valence-electron chi connectivity index (χ3n) is 4.96. The van der Waals surface area contributed by atoms with Gasteiger partial charge in [-0.25, -0.2) is 4.98 Å². The average molecular weight is 331 g/mol. The first-order valence-electron chi connectivity index (χ1n) is 8.46. The number of rotatable bonds is 3. The van der Waals surface area contributed by atoms with Crippen molar-refractivity contribution in [3.63, 3.8) is 0 Å². The Balaban J connectivity index is 1.85. The van der Waals surface area contributed by atoms with Crippen LogP contribution in [-0.4, -0.2) is 22.4 Å². The average Bonchev–Trinajstić information content (AvgIpc) is 3.08. The number of aromatic amines is 1. The van der Waals surface area contributed by atoms with Gasteiger partial charge in [0, 0.05) is 17.8 Å². The highest BCUT2D eigenvalue weighted by molar-refractivity contribution is 6.08. The minimum Gasteiger partial charge on any atom is -0.338 e. The number of amides is 1. The van der Waals surface area contributed by atoms with Gasteiger partial charge < -0.3 is 9.88 Å². The zero-order valence-electron chi connectivity index (χ0n) is 14.8. The molecule has 4 nitrogen and oxygen atoms in total. The number of imidazole rings is 1. The lowest BCUT2D eigenvalue weighted by atomic mass is 9.86. The van der Waals surface area contributed by atoms with Gasteiger partial charge in [-0.3, -0.25) is 4.79 Å². The summed E-state index contributed by atoms with van der Waals surface area (Å²) in [5, 5.41) is 0. The second-order valence-electron chi connectivity index (χ2n) is 7.17. The maximum atomic E-state index is 12.8. The summed E-state index contributed by atoms with van der Waals surface area (Å²) in [7, 11) is 0. The van der Waals surface area contributed by atoms with Gasteiger partial charge in [-0.2, -0.15) is 0 Å². The molecule has 4 rings (SSSR count). The van der Waals surface area contributed by atoms with Crippen LogP contribution in [0.15, 0.2) is 49.1 Å². The molecule has 0 saturated carbocycles. The van der Waals surface area contributed by atoms with Crippen molar-refractivity contribution < 1.29 is 4.79 Å². The molecule has 0 saturated heterocycles. The lowest BCUT2D eigenvalue weighted by Crippen LogP contribution is -2.36. The summed E-state index contributed by atoms with van der Waals surface area (Å²) >= 11 is 0. The summed E-state index contributed by atoms with van der Waals surface area (Å²) in [5.41, 5.74) is 5.63. The van der Waals surface area contributed by atoms with Gasteiger partial charge in [-0.1, -0.05) is 24.3 Å². The Morgan fingerprint density at radius 1 is 1.24 bits per heavy atom. The van der Waals surface area contributed by atoms with E-state index in [0.717, 1.165) is 33.7 Å². The quantitative estimate of drug-likeness (QED) is 0.725. The van der Waals surface area contributed by atoms with Crippen LogP contribution in [0.25, 0.3) is 22.4 Å². The maximum absolute atomic E-state index is 12.8. The van der Waals surface area contributed by atoms with Crippen molar-refractivity contribution >= 4 is 22.6 Å². The van der Waals surface area contributed by atoms with Gasteiger partial charge in [0.25, 0.3) is 0 Å². The highest BCUT2D eigenvalue weighted by atomic mass is 16.2. The minimum absolute atomic E-state index is 0.111. The van der Waals surface area contributed by atoms with Gasteiger partial charge in [0.1, 0.15) is 5.82 Å². The number of carbonyl (C=O) groups is 1. The van der Waals surface area contributed by atoms with Crippen LogP contribution in [0.1, 0.15) is 25.0 Å². The molecule has 0 fully saturated rings. The summed E-state index contributed by atoms with van der Waals surface area (Å²) in [6.45, 7) is 10.3. The zero-order valence-corrected chi connectivity index (χ0v) is 14.8. The van der Waals surface area contributed by atoms with Crippen molar-refractivity contribution in [2.75, 3.05) is 11.4 Å². The predicted octanol–water partition coefficient (Wildman–Crippen LogP) is 4.35. The number of aryl methyl sites for hydroxylation is 1. The number of H-pyrrole nitrogens is 1. The molecule has 0 atom stereocenters. The maximum Gasteiger partial charge on any atom is 0.237 e. The van der Waals surface area contributed by atoms with Gasteiger partial charge in [0.2, 0.25) is 5.91 Å². The van der Waals surface area contributed by atoms with Crippen molar-refractivity contribution in [2.45, 2.75) is 26.2 Å². The molecular formula is C21H21N3O.